The second-order valence-electron chi connectivity index (χ2n) is 6.86. The first kappa shape index (κ1) is 19.4. The van der Waals surface area contributed by atoms with Gasteiger partial charge in [-0.15, -0.1) is 0 Å². The van der Waals surface area contributed by atoms with Crippen molar-refractivity contribution in [3.63, 3.8) is 0 Å². The minimum Gasteiger partial charge on any atom is -0.497 e. The third-order valence-electron chi connectivity index (χ3n) is 5.11. The lowest BCUT2D eigenvalue weighted by atomic mass is 10.2. The normalized spacial score (nSPS) is 11.2. The number of nitrogens with one attached hydrogen (secondary N) is 1. The van der Waals surface area contributed by atoms with E-state index in [2.05, 4.69) is 108 Å². The zero-order chi connectivity index (χ0) is 19.9. The van der Waals surface area contributed by atoms with Gasteiger partial charge in [-0.2, -0.15) is 5.09 Å². The van der Waals surface area contributed by atoms with Crippen molar-refractivity contribution in [2.45, 2.75) is 6.54 Å². The quantitative estimate of drug-likeness (QED) is 0.456. The Hall–Kier alpha value is -2.93. The molecule has 0 spiro atoms. The van der Waals surface area contributed by atoms with Gasteiger partial charge in [-0.25, -0.2) is 0 Å². The van der Waals surface area contributed by atoms with Crippen LogP contribution in [-0.2, 0) is 6.54 Å². The van der Waals surface area contributed by atoms with E-state index in [1.807, 2.05) is 12.1 Å². The number of hydrogen-bond acceptors (Lipinski definition) is 2. The molecule has 0 aliphatic carbocycles. The smallest absolute Gasteiger partial charge is 0.178 e. The first-order valence-corrected chi connectivity index (χ1v) is 11.6. The summed E-state index contributed by atoms with van der Waals surface area (Å²) in [7, 11) is -0.320. The largest absolute Gasteiger partial charge is 0.497 e. The van der Waals surface area contributed by atoms with Crippen LogP contribution in [-0.4, -0.2) is 7.11 Å². The molecule has 2 nitrogen and oxygen atoms in total. The Kier molecular flexibility index (Phi) is 6.05. The van der Waals surface area contributed by atoms with Crippen molar-refractivity contribution in [3.05, 3.63) is 121 Å². The first-order chi connectivity index (χ1) is 14.3. The van der Waals surface area contributed by atoms with E-state index in [1.54, 1.807) is 7.11 Å². The molecule has 4 rings (SSSR count). The maximum atomic E-state index is 5.31. The molecule has 0 amide bonds. The summed E-state index contributed by atoms with van der Waals surface area (Å²) in [6.45, 7) is 0.774. The van der Waals surface area contributed by atoms with Gasteiger partial charge in [0.05, 0.1) is 13.7 Å². The van der Waals surface area contributed by atoms with Gasteiger partial charge in [-0.1, -0.05) is 66.7 Å². The molecule has 3 heteroatoms. The summed E-state index contributed by atoms with van der Waals surface area (Å²) in [4.78, 5) is 0. The van der Waals surface area contributed by atoms with E-state index >= 15 is 0 Å². The monoisotopic (exact) mass is 398 g/mol. The first-order valence-electron chi connectivity index (χ1n) is 9.77. The molecule has 0 heterocycles. The molecular formula is C26H25NOP+. The minimum atomic E-state index is -2.02. The third-order valence-corrected chi connectivity index (χ3v) is 8.96. The molecule has 0 bridgehead atoms. The van der Waals surface area contributed by atoms with Gasteiger partial charge in [0, 0.05) is 0 Å². The van der Waals surface area contributed by atoms with E-state index in [4.69, 9.17) is 4.74 Å². The molecule has 0 radical (unpaired) electrons. The molecule has 4 aromatic carbocycles. The lowest BCUT2D eigenvalue weighted by Crippen LogP contribution is -2.40. The molecule has 0 aliphatic heterocycles. The Morgan fingerprint density at radius 3 is 1.38 bits per heavy atom. The molecule has 4 aromatic rings. The van der Waals surface area contributed by atoms with Crippen LogP contribution in [0.3, 0.4) is 0 Å². The van der Waals surface area contributed by atoms with Crippen molar-refractivity contribution in [2.24, 2.45) is 0 Å². The molecule has 0 aliphatic rings. The maximum absolute atomic E-state index is 5.31. The second-order valence-corrected chi connectivity index (χ2v) is 10.1. The van der Waals surface area contributed by atoms with E-state index in [-0.39, 0.29) is 0 Å². The average molecular weight is 398 g/mol. The summed E-state index contributed by atoms with van der Waals surface area (Å²) in [6.07, 6.45) is 0. The molecule has 0 fully saturated rings. The highest BCUT2D eigenvalue weighted by Gasteiger charge is 2.45. The minimum absolute atomic E-state index is 0.774. The highest BCUT2D eigenvalue weighted by molar-refractivity contribution is 7.94. The number of rotatable bonds is 7. The molecule has 0 unspecified atom stereocenters. The predicted molar refractivity (Wildman–Crippen MR) is 125 cm³/mol. The fourth-order valence-corrected chi connectivity index (χ4v) is 7.35. The topological polar surface area (TPSA) is 21.3 Å². The Balaban J connectivity index is 1.83. The summed E-state index contributed by atoms with van der Waals surface area (Å²) in [5.41, 5.74) is 1.23. The van der Waals surface area contributed by atoms with Crippen LogP contribution in [0.25, 0.3) is 0 Å². The summed E-state index contributed by atoms with van der Waals surface area (Å²) < 4.78 is 5.31. The summed E-state index contributed by atoms with van der Waals surface area (Å²) in [6, 6.07) is 40.8. The Labute approximate surface area is 173 Å². The number of benzene rings is 4. The van der Waals surface area contributed by atoms with E-state index in [1.165, 1.54) is 21.5 Å². The van der Waals surface area contributed by atoms with E-state index in [0.29, 0.717) is 0 Å². The molecule has 144 valence electrons. The fraction of sp³-hybridized carbons (Fsp3) is 0.0769. The molecule has 29 heavy (non-hydrogen) atoms. The van der Waals surface area contributed by atoms with Crippen LogP contribution >= 0.6 is 7.41 Å². The van der Waals surface area contributed by atoms with E-state index in [9.17, 15) is 0 Å². The van der Waals surface area contributed by atoms with Gasteiger partial charge in [-0.05, 0) is 54.1 Å². The summed E-state index contributed by atoms with van der Waals surface area (Å²) in [5.74, 6) is 0.879. The highest BCUT2D eigenvalue weighted by Crippen LogP contribution is 2.51. The van der Waals surface area contributed by atoms with Crippen molar-refractivity contribution in [3.8, 4) is 5.75 Å². The second kappa shape index (κ2) is 9.05. The van der Waals surface area contributed by atoms with Gasteiger partial charge in [0.25, 0.3) is 0 Å². The highest BCUT2D eigenvalue weighted by atomic mass is 31.2. The molecule has 0 atom stereocenters. The molecule has 0 saturated carbocycles. The fourth-order valence-electron chi connectivity index (χ4n) is 3.63. The molecule has 1 N–H and O–H groups in total. The van der Waals surface area contributed by atoms with Crippen LogP contribution in [0.5, 0.6) is 5.75 Å². The zero-order valence-electron chi connectivity index (χ0n) is 16.5. The SMILES string of the molecule is COc1ccc(CN[P+](c2ccccc2)(c2ccccc2)c2ccccc2)cc1. The summed E-state index contributed by atoms with van der Waals surface area (Å²) in [5, 5.41) is 7.98. The lowest BCUT2D eigenvalue weighted by molar-refractivity contribution is 0.414. The van der Waals surface area contributed by atoms with Gasteiger partial charge in [-0.3, -0.25) is 0 Å². The average Bonchev–Trinajstić information content (AvgIpc) is 2.82. The van der Waals surface area contributed by atoms with Crippen LogP contribution in [0.1, 0.15) is 5.56 Å². The predicted octanol–water partition coefficient (Wildman–Crippen LogP) is 4.69. The Bertz CT molecular complexity index is 922. The molecule has 0 saturated heterocycles. The van der Waals surface area contributed by atoms with Crippen molar-refractivity contribution in [1.29, 1.82) is 0 Å². The van der Waals surface area contributed by atoms with Gasteiger partial charge >= 0.3 is 0 Å². The van der Waals surface area contributed by atoms with Crippen LogP contribution in [0.15, 0.2) is 115 Å². The van der Waals surface area contributed by atoms with Crippen molar-refractivity contribution in [1.82, 2.24) is 5.09 Å². The Morgan fingerprint density at radius 2 is 1.00 bits per heavy atom. The lowest BCUT2D eigenvalue weighted by Gasteiger charge is -2.28. The number of ether oxygens (including phenoxy) is 1. The van der Waals surface area contributed by atoms with E-state index < -0.39 is 7.41 Å². The maximum Gasteiger partial charge on any atom is 0.178 e. The van der Waals surface area contributed by atoms with Crippen LogP contribution in [0.4, 0.5) is 0 Å². The third kappa shape index (κ3) is 4.10. The number of hydrogen-bond donors (Lipinski definition) is 1. The van der Waals surface area contributed by atoms with Crippen molar-refractivity contribution < 1.29 is 4.74 Å². The standard InChI is InChI=1S/C26H25NOP/c1-28-23-19-17-22(18-20-23)21-27-29(24-11-5-2-6-12-24,25-13-7-3-8-14-25)26-15-9-4-10-16-26/h2-20,27H,21H2,1H3/q+1. The van der Waals surface area contributed by atoms with Crippen molar-refractivity contribution in [2.75, 3.05) is 7.11 Å². The van der Waals surface area contributed by atoms with Crippen LogP contribution in [0, 0.1) is 0 Å². The van der Waals surface area contributed by atoms with Gasteiger partial charge < -0.3 is 4.74 Å². The number of methoxy groups -OCH3 is 1. The molecule has 0 aromatic heterocycles. The van der Waals surface area contributed by atoms with Crippen LogP contribution < -0.4 is 25.7 Å². The van der Waals surface area contributed by atoms with Gasteiger partial charge in [0.1, 0.15) is 21.7 Å². The van der Waals surface area contributed by atoms with Crippen molar-refractivity contribution >= 4 is 23.3 Å². The zero-order valence-corrected chi connectivity index (χ0v) is 17.4. The van der Waals surface area contributed by atoms with Crippen LogP contribution in [0.2, 0.25) is 0 Å². The summed E-state index contributed by atoms with van der Waals surface area (Å²) >= 11 is 0. The Morgan fingerprint density at radius 1 is 0.586 bits per heavy atom. The van der Waals surface area contributed by atoms with Gasteiger partial charge in [0.15, 0.2) is 7.41 Å². The molecular weight excluding hydrogens is 373 g/mol. The van der Waals surface area contributed by atoms with E-state index in [0.717, 1.165) is 12.3 Å². The van der Waals surface area contributed by atoms with Gasteiger partial charge in [0.2, 0.25) is 0 Å².